The molecule has 1 aromatic rings. The summed E-state index contributed by atoms with van der Waals surface area (Å²) in [5.41, 5.74) is 1.01. The van der Waals surface area contributed by atoms with E-state index in [9.17, 15) is 4.79 Å². The van der Waals surface area contributed by atoms with E-state index in [2.05, 4.69) is 0 Å². The molecule has 0 unspecified atom stereocenters. The van der Waals surface area contributed by atoms with Gasteiger partial charge in [0.25, 0.3) is 0 Å². The lowest BCUT2D eigenvalue weighted by Gasteiger charge is -2.11. The summed E-state index contributed by atoms with van der Waals surface area (Å²) in [7, 11) is 0. The molecule has 0 spiro atoms. The minimum absolute atomic E-state index is 0.158. The highest BCUT2D eigenvalue weighted by molar-refractivity contribution is 5.61. The van der Waals surface area contributed by atoms with Gasteiger partial charge < -0.3 is 9.53 Å². The quantitative estimate of drug-likeness (QED) is 0.689. The Morgan fingerprint density at radius 3 is 2.73 bits per heavy atom. The van der Waals surface area contributed by atoms with Crippen LogP contribution in [0.5, 0.6) is 5.75 Å². The van der Waals surface area contributed by atoms with E-state index >= 15 is 0 Å². The molecule has 2 heteroatoms. The van der Waals surface area contributed by atoms with Crippen LogP contribution in [0.25, 0.3) is 6.08 Å². The predicted octanol–water partition coefficient (Wildman–Crippen LogP) is 3.08. The molecular formula is C13H16O2. The van der Waals surface area contributed by atoms with Gasteiger partial charge in [-0.3, -0.25) is 0 Å². The average Bonchev–Trinajstić information content (AvgIpc) is 2.20. The largest absolute Gasteiger partial charge is 0.490 e. The molecule has 2 nitrogen and oxygen atoms in total. The van der Waals surface area contributed by atoms with Crippen LogP contribution in [0.4, 0.5) is 0 Å². The maximum atomic E-state index is 10.2. The number of benzene rings is 1. The van der Waals surface area contributed by atoms with Crippen LogP contribution in [0.2, 0.25) is 0 Å². The molecule has 80 valence electrons. The summed E-state index contributed by atoms with van der Waals surface area (Å²) in [6, 6.07) is 7.79. The third-order valence-corrected chi connectivity index (χ3v) is 1.81. The molecule has 0 bridgehead atoms. The first-order valence-corrected chi connectivity index (χ1v) is 5.10. The number of hydrogen-bond acceptors (Lipinski definition) is 2. The van der Waals surface area contributed by atoms with E-state index in [1.165, 1.54) is 0 Å². The number of para-hydroxylation sites is 1. The highest BCUT2D eigenvalue weighted by Gasteiger charge is 2.01. The maximum Gasteiger partial charge on any atom is 0.126 e. The second-order valence-corrected chi connectivity index (χ2v) is 3.51. The zero-order valence-electron chi connectivity index (χ0n) is 9.14. The van der Waals surface area contributed by atoms with Gasteiger partial charge in [-0.1, -0.05) is 30.4 Å². The number of rotatable bonds is 5. The minimum atomic E-state index is 0.158. The van der Waals surface area contributed by atoms with Crippen molar-refractivity contribution in [3.63, 3.8) is 0 Å². The molecule has 0 aliphatic heterocycles. The van der Waals surface area contributed by atoms with E-state index in [0.29, 0.717) is 6.42 Å². The van der Waals surface area contributed by atoms with Crippen molar-refractivity contribution in [2.24, 2.45) is 0 Å². The summed E-state index contributed by atoms with van der Waals surface area (Å²) >= 11 is 0. The van der Waals surface area contributed by atoms with Gasteiger partial charge in [-0.05, 0) is 19.9 Å². The van der Waals surface area contributed by atoms with Crippen molar-refractivity contribution in [3.05, 3.63) is 35.9 Å². The van der Waals surface area contributed by atoms with Gasteiger partial charge in [0, 0.05) is 12.0 Å². The van der Waals surface area contributed by atoms with E-state index in [1.54, 1.807) is 0 Å². The van der Waals surface area contributed by atoms with Crippen LogP contribution in [0, 0.1) is 0 Å². The number of aldehydes is 1. The van der Waals surface area contributed by atoms with Crippen molar-refractivity contribution < 1.29 is 9.53 Å². The molecule has 0 radical (unpaired) electrons. The first kappa shape index (κ1) is 11.5. The molecular weight excluding hydrogens is 188 g/mol. The molecule has 0 amide bonds. The van der Waals surface area contributed by atoms with Gasteiger partial charge in [-0.25, -0.2) is 0 Å². The van der Waals surface area contributed by atoms with Crippen LogP contribution in [-0.2, 0) is 4.79 Å². The molecule has 15 heavy (non-hydrogen) atoms. The van der Waals surface area contributed by atoms with E-state index in [4.69, 9.17) is 4.74 Å². The summed E-state index contributed by atoms with van der Waals surface area (Å²) in [6.45, 7) is 3.98. The standard InChI is InChI=1S/C13H16O2/c1-11(2)15-13-9-4-3-7-12(13)8-5-6-10-14/h3-5,7-11H,6H2,1-2H3. The van der Waals surface area contributed by atoms with Crippen molar-refractivity contribution in [1.29, 1.82) is 0 Å². The molecule has 1 aromatic carbocycles. The molecule has 0 saturated carbocycles. The highest BCUT2D eigenvalue weighted by Crippen LogP contribution is 2.20. The summed E-state index contributed by atoms with van der Waals surface area (Å²) in [4.78, 5) is 10.2. The molecule has 0 atom stereocenters. The number of allylic oxidation sites excluding steroid dienone is 1. The first-order chi connectivity index (χ1) is 7.24. The third-order valence-electron chi connectivity index (χ3n) is 1.81. The number of carbonyl (C=O) groups excluding carboxylic acids is 1. The number of ether oxygens (including phenoxy) is 1. The van der Waals surface area contributed by atoms with Gasteiger partial charge in [-0.15, -0.1) is 0 Å². The van der Waals surface area contributed by atoms with Crippen LogP contribution in [0.1, 0.15) is 25.8 Å². The van der Waals surface area contributed by atoms with Crippen molar-refractivity contribution in [3.8, 4) is 5.75 Å². The lowest BCUT2D eigenvalue weighted by Crippen LogP contribution is -2.06. The van der Waals surface area contributed by atoms with Gasteiger partial charge >= 0.3 is 0 Å². The van der Waals surface area contributed by atoms with Crippen LogP contribution in [0.15, 0.2) is 30.3 Å². The smallest absolute Gasteiger partial charge is 0.126 e. The van der Waals surface area contributed by atoms with Gasteiger partial charge in [-0.2, -0.15) is 0 Å². The zero-order chi connectivity index (χ0) is 11.1. The lowest BCUT2D eigenvalue weighted by molar-refractivity contribution is -0.107. The Kier molecular flexibility index (Phi) is 4.61. The molecule has 0 heterocycles. The Morgan fingerprint density at radius 2 is 2.07 bits per heavy atom. The Morgan fingerprint density at radius 1 is 1.33 bits per heavy atom. The number of carbonyl (C=O) groups is 1. The Labute approximate surface area is 90.6 Å². The molecule has 0 saturated heterocycles. The van der Waals surface area contributed by atoms with Crippen molar-refractivity contribution in [2.45, 2.75) is 26.4 Å². The molecule has 0 fully saturated rings. The molecule has 0 aliphatic rings. The molecule has 0 aromatic heterocycles. The predicted molar refractivity (Wildman–Crippen MR) is 61.9 cm³/mol. The van der Waals surface area contributed by atoms with Gasteiger partial charge in [0.15, 0.2) is 0 Å². The molecule has 0 aliphatic carbocycles. The van der Waals surface area contributed by atoms with Crippen molar-refractivity contribution >= 4 is 12.4 Å². The SMILES string of the molecule is CC(C)Oc1ccccc1C=CCC=O. The van der Waals surface area contributed by atoms with Gasteiger partial charge in [0.2, 0.25) is 0 Å². The topological polar surface area (TPSA) is 26.3 Å². The van der Waals surface area contributed by atoms with Crippen molar-refractivity contribution in [1.82, 2.24) is 0 Å². The second-order valence-electron chi connectivity index (χ2n) is 3.51. The normalized spacial score (nSPS) is 10.9. The van der Waals surface area contributed by atoms with Crippen LogP contribution < -0.4 is 4.74 Å². The van der Waals surface area contributed by atoms with E-state index in [0.717, 1.165) is 17.6 Å². The third kappa shape index (κ3) is 3.98. The van der Waals surface area contributed by atoms with E-state index in [-0.39, 0.29) is 6.10 Å². The summed E-state index contributed by atoms with van der Waals surface area (Å²) < 4.78 is 5.64. The molecule has 1 rings (SSSR count). The summed E-state index contributed by atoms with van der Waals surface area (Å²) in [6.07, 6.45) is 5.21. The van der Waals surface area contributed by atoms with Gasteiger partial charge in [0.1, 0.15) is 12.0 Å². The Balaban J connectivity index is 2.81. The Hall–Kier alpha value is -1.57. The zero-order valence-corrected chi connectivity index (χ0v) is 9.14. The highest BCUT2D eigenvalue weighted by atomic mass is 16.5. The maximum absolute atomic E-state index is 10.2. The first-order valence-electron chi connectivity index (χ1n) is 5.10. The fraction of sp³-hybridized carbons (Fsp3) is 0.308. The van der Waals surface area contributed by atoms with E-state index in [1.807, 2.05) is 50.3 Å². The van der Waals surface area contributed by atoms with Gasteiger partial charge in [0.05, 0.1) is 6.10 Å². The van der Waals surface area contributed by atoms with Crippen LogP contribution in [-0.4, -0.2) is 12.4 Å². The lowest BCUT2D eigenvalue weighted by atomic mass is 10.2. The number of hydrogen-bond donors (Lipinski definition) is 0. The average molecular weight is 204 g/mol. The molecule has 0 N–H and O–H groups in total. The monoisotopic (exact) mass is 204 g/mol. The van der Waals surface area contributed by atoms with Crippen molar-refractivity contribution in [2.75, 3.05) is 0 Å². The second kappa shape index (κ2) is 6.02. The minimum Gasteiger partial charge on any atom is -0.490 e. The summed E-state index contributed by atoms with van der Waals surface area (Å²) in [5.74, 6) is 0.856. The fourth-order valence-electron chi connectivity index (χ4n) is 1.23. The van der Waals surface area contributed by atoms with Crippen LogP contribution in [0.3, 0.4) is 0 Å². The fourth-order valence-corrected chi connectivity index (χ4v) is 1.23. The Bertz CT molecular complexity index is 340. The summed E-state index contributed by atoms with van der Waals surface area (Å²) in [5, 5.41) is 0. The van der Waals surface area contributed by atoms with E-state index < -0.39 is 0 Å². The van der Waals surface area contributed by atoms with Crippen LogP contribution >= 0.6 is 0 Å².